The van der Waals surface area contributed by atoms with E-state index in [9.17, 15) is 4.79 Å². The van der Waals surface area contributed by atoms with Gasteiger partial charge in [0.1, 0.15) is 0 Å². The molecule has 5 heteroatoms. The zero-order chi connectivity index (χ0) is 27.3. The third-order valence-corrected chi connectivity index (χ3v) is 10.4. The highest BCUT2D eigenvalue weighted by Gasteiger charge is 2.51. The molecule has 4 saturated carbocycles. The molecule has 0 unspecified atom stereocenters. The highest BCUT2D eigenvalue weighted by Crippen LogP contribution is 2.60. The Morgan fingerprint density at radius 3 is 1.77 bits per heavy atom. The third-order valence-electron chi connectivity index (χ3n) is 10.4. The van der Waals surface area contributed by atoms with Crippen LogP contribution in [0.2, 0.25) is 0 Å². The largest absolute Gasteiger partial charge is 0.465 e. The maximum absolute atomic E-state index is 12.2. The average molecular weight is 536 g/mol. The van der Waals surface area contributed by atoms with Crippen LogP contribution >= 0.6 is 0 Å². The number of hydrogen-bond acceptors (Lipinski definition) is 5. The number of rotatable bonds is 6. The van der Waals surface area contributed by atoms with Crippen LogP contribution < -0.4 is 14.7 Å². The summed E-state index contributed by atoms with van der Waals surface area (Å²) in [6.45, 7) is 4.09. The number of carbonyl (C=O) groups is 1. The van der Waals surface area contributed by atoms with Gasteiger partial charge in [-0.25, -0.2) is 4.79 Å². The van der Waals surface area contributed by atoms with Gasteiger partial charge in [-0.1, -0.05) is 24.3 Å². The summed E-state index contributed by atoms with van der Waals surface area (Å²) in [5, 5.41) is 0. The number of para-hydroxylation sites is 1. The van der Waals surface area contributed by atoms with E-state index in [0.717, 1.165) is 55.3 Å². The van der Waals surface area contributed by atoms with Crippen molar-refractivity contribution in [3.63, 3.8) is 0 Å². The third kappa shape index (κ3) is 4.53. The molecule has 0 N–H and O–H groups in total. The summed E-state index contributed by atoms with van der Waals surface area (Å²) in [5.41, 5.74) is 7.16. The lowest BCUT2D eigenvalue weighted by Crippen LogP contribution is -2.48. The number of esters is 1. The molecule has 1 saturated heterocycles. The first-order valence-corrected chi connectivity index (χ1v) is 15.1. The lowest BCUT2D eigenvalue weighted by molar-refractivity contribution is -0.00518. The van der Waals surface area contributed by atoms with Crippen LogP contribution in [-0.2, 0) is 10.2 Å². The summed E-state index contributed by atoms with van der Waals surface area (Å²) in [6, 6.07) is 26.0. The Labute approximate surface area is 238 Å². The lowest BCUT2D eigenvalue weighted by atomic mass is 9.48. The second-order valence-electron chi connectivity index (χ2n) is 12.8. The smallest absolute Gasteiger partial charge is 0.339 e. The molecule has 0 atom stereocenters. The van der Waals surface area contributed by atoms with Crippen molar-refractivity contribution >= 4 is 28.7 Å². The summed E-state index contributed by atoms with van der Waals surface area (Å²) >= 11 is 0. The normalized spacial score (nSPS) is 27.1. The van der Waals surface area contributed by atoms with Crippen LogP contribution in [-0.4, -0.2) is 46.3 Å². The molecule has 4 aliphatic carbocycles. The Morgan fingerprint density at radius 2 is 1.25 bits per heavy atom. The molecule has 1 heterocycles. The van der Waals surface area contributed by atoms with Crippen molar-refractivity contribution in [2.75, 3.05) is 55.0 Å². The monoisotopic (exact) mass is 535 g/mol. The van der Waals surface area contributed by atoms with E-state index >= 15 is 0 Å². The fraction of sp³-hybridized carbons (Fsp3) is 0.457. The molecule has 4 bridgehead atoms. The minimum Gasteiger partial charge on any atom is -0.465 e. The molecule has 3 aromatic rings. The van der Waals surface area contributed by atoms with Gasteiger partial charge < -0.3 is 19.4 Å². The molecule has 1 aliphatic heterocycles. The first kappa shape index (κ1) is 25.5. The summed E-state index contributed by atoms with van der Waals surface area (Å²) in [6.07, 6.45) is 8.81. The van der Waals surface area contributed by atoms with Gasteiger partial charge in [0.05, 0.1) is 18.4 Å². The zero-order valence-electron chi connectivity index (χ0n) is 23.9. The van der Waals surface area contributed by atoms with Gasteiger partial charge in [0.2, 0.25) is 0 Å². The second kappa shape index (κ2) is 10.2. The Hall–Kier alpha value is -3.47. The summed E-state index contributed by atoms with van der Waals surface area (Å²) in [5.74, 6) is 2.65. The van der Waals surface area contributed by atoms with Crippen LogP contribution in [0.4, 0.5) is 22.7 Å². The van der Waals surface area contributed by atoms with Gasteiger partial charge in [-0.15, -0.1) is 0 Å². The number of benzene rings is 3. The molecule has 40 heavy (non-hydrogen) atoms. The van der Waals surface area contributed by atoms with Crippen LogP contribution in [0.3, 0.4) is 0 Å². The van der Waals surface area contributed by atoms with Crippen molar-refractivity contribution in [1.29, 1.82) is 0 Å². The van der Waals surface area contributed by atoms with Gasteiger partial charge in [-0.2, -0.15) is 0 Å². The molecule has 3 aromatic carbocycles. The highest BCUT2D eigenvalue weighted by molar-refractivity contribution is 5.96. The van der Waals surface area contributed by atoms with Gasteiger partial charge in [0.15, 0.2) is 0 Å². The van der Waals surface area contributed by atoms with Crippen molar-refractivity contribution in [2.45, 2.75) is 43.9 Å². The molecule has 0 radical (unpaired) electrons. The lowest BCUT2D eigenvalue weighted by Gasteiger charge is -2.57. The van der Waals surface area contributed by atoms with Gasteiger partial charge >= 0.3 is 5.97 Å². The number of methoxy groups -OCH3 is 1. The molecule has 8 rings (SSSR count). The van der Waals surface area contributed by atoms with Crippen LogP contribution in [0, 0.1) is 17.8 Å². The second-order valence-corrected chi connectivity index (χ2v) is 12.8. The van der Waals surface area contributed by atoms with E-state index in [1.54, 1.807) is 5.56 Å². The highest BCUT2D eigenvalue weighted by atomic mass is 16.5. The number of anilines is 4. The molecule has 5 fully saturated rings. The van der Waals surface area contributed by atoms with Gasteiger partial charge in [0.25, 0.3) is 0 Å². The summed E-state index contributed by atoms with van der Waals surface area (Å²) < 4.78 is 4.98. The van der Waals surface area contributed by atoms with Gasteiger partial charge in [-0.05, 0) is 116 Å². The van der Waals surface area contributed by atoms with E-state index < -0.39 is 0 Å². The van der Waals surface area contributed by atoms with Crippen LogP contribution in [0.15, 0.2) is 72.8 Å². The van der Waals surface area contributed by atoms with Crippen molar-refractivity contribution in [1.82, 2.24) is 0 Å². The standard InChI is InChI=1S/C35H41N3O2/c1-36(33-6-4-3-5-32(33)34(39)40-2)29-11-13-31(14-12-29)38-17-15-37(16-18-38)30-9-7-28(8-10-30)35-22-25-19-26(23-35)21-27(20-25)24-35/h3-14,25-27H,15-24H2,1-2H3. The van der Waals surface area contributed by atoms with E-state index in [1.807, 2.05) is 36.2 Å². The molecule has 5 nitrogen and oxygen atoms in total. The number of ether oxygens (including phenoxy) is 1. The molecule has 5 aliphatic rings. The van der Waals surface area contributed by atoms with Crippen molar-refractivity contribution in [3.8, 4) is 0 Å². The van der Waals surface area contributed by atoms with Crippen molar-refractivity contribution in [3.05, 3.63) is 83.9 Å². The predicted octanol–water partition coefficient (Wildman–Crippen LogP) is 7.04. The number of hydrogen-bond donors (Lipinski definition) is 0. The first-order chi connectivity index (χ1) is 19.5. The Morgan fingerprint density at radius 1 is 0.750 bits per heavy atom. The number of carbonyl (C=O) groups excluding carboxylic acids is 1. The van der Waals surface area contributed by atoms with E-state index in [-0.39, 0.29) is 5.97 Å². The number of nitrogens with zero attached hydrogens (tertiary/aromatic N) is 3. The SMILES string of the molecule is COC(=O)c1ccccc1N(C)c1ccc(N2CCN(c3ccc(C45CC6CC(CC(C6)C4)C5)cc3)CC2)cc1. The molecular formula is C35H41N3O2. The minimum absolute atomic E-state index is 0.320. The van der Waals surface area contributed by atoms with Crippen molar-refractivity contribution in [2.24, 2.45) is 17.8 Å². The Kier molecular flexibility index (Phi) is 6.48. The Bertz CT molecular complexity index is 1320. The topological polar surface area (TPSA) is 36.0 Å². The van der Waals surface area contributed by atoms with E-state index in [1.165, 1.54) is 57.0 Å². The zero-order valence-corrected chi connectivity index (χ0v) is 23.9. The van der Waals surface area contributed by atoms with Gasteiger partial charge in [-0.3, -0.25) is 0 Å². The first-order valence-electron chi connectivity index (χ1n) is 15.1. The summed E-state index contributed by atoms with van der Waals surface area (Å²) in [4.78, 5) is 19.3. The van der Waals surface area contributed by atoms with E-state index in [4.69, 9.17) is 4.74 Å². The van der Waals surface area contributed by atoms with Crippen LogP contribution in [0.25, 0.3) is 0 Å². The number of piperazine rings is 1. The molecular weight excluding hydrogens is 494 g/mol. The van der Waals surface area contributed by atoms with E-state index in [0.29, 0.717) is 11.0 Å². The van der Waals surface area contributed by atoms with Gasteiger partial charge in [0, 0.05) is 50.3 Å². The van der Waals surface area contributed by atoms with E-state index in [2.05, 4.69) is 58.3 Å². The quantitative estimate of drug-likeness (QED) is 0.317. The maximum atomic E-state index is 12.2. The molecule has 208 valence electrons. The minimum atomic E-state index is -0.320. The maximum Gasteiger partial charge on any atom is 0.339 e. The molecule has 0 amide bonds. The average Bonchev–Trinajstić information content (AvgIpc) is 3.00. The fourth-order valence-electron chi connectivity index (χ4n) is 8.79. The Balaban J connectivity index is 0.985. The molecule has 0 aromatic heterocycles. The van der Waals surface area contributed by atoms with Crippen LogP contribution in [0.1, 0.15) is 54.4 Å². The van der Waals surface area contributed by atoms with Crippen molar-refractivity contribution < 1.29 is 9.53 Å². The summed E-state index contributed by atoms with van der Waals surface area (Å²) in [7, 11) is 3.41. The fourth-order valence-corrected chi connectivity index (χ4v) is 8.79. The predicted molar refractivity (Wildman–Crippen MR) is 163 cm³/mol. The molecule has 0 spiro atoms. The van der Waals surface area contributed by atoms with Crippen LogP contribution in [0.5, 0.6) is 0 Å².